The molecule has 0 amide bonds. The molecule has 1 aliphatic heterocycles. The maximum atomic E-state index is 10.3. The molecule has 8 heteroatoms. The second-order valence-corrected chi connectivity index (χ2v) is 7.24. The Morgan fingerprint density at radius 2 is 1.56 bits per heavy atom. The molecule has 0 aliphatic carbocycles. The van der Waals surface area contributed by atoms with Crippen LogP contribution >= 0.6 is 0 Å². The summed E-state index contributed by atoms with van der Waals surface area (Å²) in [4.78, 5) is 0. The van der Waals surface area contributed by atoms with E-state index in [0.717, 1.165) is 16.8 Å². The zero-order valence-electron chi connectivity index (χ0n) is 20.6. The van der Waals surface area contributed by atoms with Crippen LogP contribution in [0.2, 0.25) is 0 Å². The lowest BCUT2D eigenvalue weighted by Crippen LogP contribution is -2.60. The van der Waals surface area contributed by atoms with Gasteiger partial charge in [0.2, 0.25) is 12.2 Å². The summed E-state index contributed by atoms with van der Waals surface area (Å²) in [5.41, 5.74) is 4.07. The molecular formula is C24H40N2O6. The van der Waals surface area contributed by atoms with E-state index < -0.39 is 30.7 Å². The zero-order valence-corrected chi connectivity index (χ0v) is 20.6. The number of hydrogen-bond acceptors (Lipinski definition) is 7. The van der Waals surface area contributed by atoms with Crippen LogP contribution in [0.3, 0.4) is 0 Å². The van der Waals surface area contributed by atoms with Crippen molar-refractivity contribution in [2.45, 2.75) is 78.7 Å². The minimum Gasteiger partial charge on any atom is -0.443 e. The van der Waals surface area contributed by atoms with Crippen LogP contribution in [0.25, 0.3) is 0 Å². The Labute approximate surface area is 191 Å². The first-order valence-corrected chi connectivity index (χ1v) is 11.2. The fraction of sp³-hybridized carbons (Fsp3) is 0.625. The third-order valence-electron chi connectivity index (χ3n) is 5.15. The highest BCUT2D eigenvalue weighted by molar-refractivity contribution is 5.37. The Morgan fingerprint density at radius 1 is 0.969 bits per heavy atom. The van der Waals surface area contributed by atoms with Gasteiger partial charge in [0, 0.05) is 31.8 Å². The summed E-state index contributed by atoms with van der Waals surface area (Å²) in [6.07, 6.45) is -5.50. The minimum absolute atomic E-state index is 0.0578. The van der Waals surface area contributed by atoms with Crippen LogP contribution in [0.1, 0.15) is 50.1 Å². The first-order valence-electron chi connectivity index (χ1n) is 11.2. The molecule has 32 heavy (non-hydrogen) atoms. The van der Waals surface area contributed by atoms with Gasteiger partial charge < -0.3 is 29.5 Å². The fourth-order valence-electron chi connectivity index (χ4n) is 3.26. The maximum absolute atomic E-state index is 10.3. The number of hydrogen-bond donors (Lipinski definition) is 3. The van der Waals surface area contributed by atoms with Crippen molar-refractivity contribution >= 4 is 0 Å². The van der Waals surface area contributed by atoms with E-state index in [1.54, 1.807) is 4.68 Å². The largest absolute Gasteiger partial charge is 0.443 e. The van der Waals surface area contributed by atoms with E-state index in [1.807, 2.05) is 72.9 Å². The van der Waals surface area contributed by atoms with E-state index in [2.05, 4.69) is 5.10 Å². The first kappa shape index (κ1) is 28.1. The van der Waals surface area contributed by atoms with Gasteiger partial charge in [-0.1, -0.05) is 57.5 Å². The van der Waals surface area contributed by atoms with E-state index in [9.17, 15) is 15.3 Å². The van der Waals surface area contributed by atoms with Crippen LogP contribution in [0, 0.1) is 13.8 Å². The van der Waals surface area contributed by atoms with Crippen LogP contribution < -0.4 is 4.74 Å². The number of benzene rings is 1. The van der Waals surface area contributed by atoms with Crippen LogP contribution in [0.15, 0.2) is 24.3 Å². The zero-order chi connectivity index (χ0) is 24.4. The van der Waals surface area contributed by atoms with Crippen molar-refractivity contribution in [1.82, 2.24) is 9.78 Å². The van der Waals surface area contributed by atoms with Crippen molar-refractivity contribution in [3.63, 3.8) is 0 Å². The maximum Gasteiger partial charge on any atom is 0.239 e. The molecule has 0 unspecified atom stereocenters. The van der Waals surface area contributed by atoms with Gasteiger partial charge in [0.1, 0.15) is 24.4 Å². The molecule has 0 radical (unpaired) electrons. The summed E-state index contributed by atoms with van der Waals surface area (Å²) in [5, 5.41) is 34.9. The van der Waals surface area contributed by atoms with Crippen molar-refractivity contribution in [2.75, 3.05) is 13.7 Å². The smallest absolute Gasteiger partial charge is 0.239 e. The Bertz CT molecular complexity index is 793. The fourth-order valence-corrected chi connectivity index (χ4v) is 3.26. The van der Waals surface area contributed by atoms with Crippen molar-refractivity contribution in [3.8, 4) is 5.88 Å². The Hall–Kier alpha value is -1.97. The lowest BCUT2D eigenvalue weighted by Gasteiger charge is -2.39. The average Bonchev–Trinajstić information content (AvgIpc) is 3.07. The minimum atomic E-state index is -1.42. The predicted octanol–water partition coefficient (Wildman–Crippen LogP) is 2.51. The van der Waals surface area contributed by atoms with Crippen molar-refractivity contribution < 1.29 is 29.5 Å². The summed E-state index contributed by atoms with van der Waals surface area (Å²) in [5.74, 6) is 0.324. The van der Waals surface area contributed by atoms with E-state index >= 15 is 0 Å². The topological polar surface area (TPSA) is 106 Å². The monoisotopic (exact) mass is 452 g/mol. The van der Waals surface area contributed by atoms with Crippen LogP contribution in [-0.4, -0.2) is 69.5 Å². The molecule has 3 N–H and O–H groups in total. The van der Waals surface area contributed by atoms with Crippen LogP contribution in [-0.2, 0) is 22.9 Å². The number of rotatable bonds is 6. The van der Waals surface area contributed by atoms with E-state index in [1.165, 1.54) is 12.7 Å². The van der Waals surface area contributed by atoms with Gasteiger partial charge in [0.15, 0.2) is 0 Å². The van der Waals surface area contributed by atoms with Gasteiger partial charge in [-0.25, -0.2) is 0 Å². The Morgan fingerprint density at radius 3 is 2.12 bits per heavy atom. The van der Waals surface area contributed by atoms with Gasteiger partial charge in [-0.05, 0) is 19.4 Å². The molecular weight excluding hydrogens is 412 g/mol. The number of aryl methyl sites for hydroxylation is 2. The summed E-state index contributed by atoms with van der Waals surface area (Å²) < 4.78 is 18.2. The normalized spacial score (nSPS) is 24.7. The second kappa shape index (κ2) is 13.5. The van der Waals surface area contributed by atoms with Gasteiger partial charge in [0.05, 0.1) is 6.61 Å². The number of aromatic nitrogens is 2. The molecule has 1 aliphatic rings. The van der Waals surface area contributed by atoms with E-state index in [4.69, 9.17) is 14.2 Å². The first-order chi connectivity index (χ1) is 15.3. The molecule has 1 aromatic carbocycles. The molecule has 3 rings (SSSR count). The number of methoxy groups -OCH3 is 1. The number of aliphatic hydroxyl groups is 3. The number of aliphatic hydroxyl groups excluding tert-OH is 3. The lowest BCUT2D eigenvalue weighted by atomic mass is 9.99. The highest BCUT2D eigenvalue weighted by Crippen LogP contribution is 2.29. The molecule has 5 atom stereocenters. The molecule has 0 bridgehead atoms. The molecule has 1 fully saturated rings. The highest BCUT2D eigenvalue weighted by Gasteiger charge is 2.45. The van der Waals surface area contributed by atoms with Crippen LogP contribution in [0.4, 0.5) is 0 Å². The molecule has 0 spiro atoms. The van der Waals surface area contributed by atoms with Crippen molar-refractivity contribution in [2.24, 2.45) is 7.05 Å². The van der Waals surface area contributed by atoms with E-state index in [0.29, 0.717) is 12.3 Å². The standard InChI is InChI=1S/C20H28N2O6.2C2H6/c1-11-5-7-13(8-6-11)9-14-12(2)22(3)21-19(14)28-20-18(25)17(24)16(23)15(27-20)10-26-4;2*1-2/h5-8,15-18,20,23-25H,9-10H2,1-4H3;2*1-2H3/t15-,16-,17+,18-,20+;;/m1../s1. The summed E-state index contributed by atoms with van der Waals surface area (Å²) in [6, 6.07) is 8.18. The molecule has 1 saturated heterocycles. The van der Waals surface area contributed by atoms with Crippen molar-refractivity contribution in [1.29, 1.82) is 0 Å². The number of ether oxygens (including phenoxy) is 3. The van der Waals surface area contributed by atoms with Crippen molar-refractivity contribution in [3.05, 3.63) is 46.6 Å². The molecule has 1 aromatic heterocycles. The Kier molecular flexibility index (Phi) is 11.9. The molecule has 8 nitrogen and oxygen atoms in total. The third-order valence-corrected chi connectivity index (χ3v) is 5.15. The van der Waals surface area contributed by atoms with Gasteiger partial charge in [-0.3, -0.25) is 4.68 Å². The molecule has 0 saturated carbocycles. The van der Waals surface area contributed by atoms with E-state index in [-0.39, 0.29) is 6.61 Å². The molecule has 182 valence electrons. The second-order valence-electron chi connectivity index (χ2n) is 7.24. The molecule has 2 heterocycles. The quantitative estimate of drug-likeness (QED) is 0.618. The molecule has 2 aromatic rings. The average molecular weight is 453 g/mol. The van der Waals surface area contributed by atoms with Gasteiger partial charge in [-0.15, -0.1) is 5.10 Å². The van der Waals surface area contributed by atoms with Crippen LogP contribution in [0.5, 0.6) is 5.88 Å². The highest BCUT2D eigenvalue weighted by atomic mass is 16.7. The predicted molar refractivity (Wildman–Crippen MR) is 124 cm³/mol. The summed E-state index contributed by atoms with van der Waals surface area (Å²) in [6.45, 7) is 12.0. The van der Waals surface area contributed by atoms with Gasteiger partial charge in [-0.2, -0.15) is 0 Å². The number of nitrogens with zero attached hydrogens (tertiary/aromatic N) is 2. The lowest BCUT2D eigenvalue weighted by molar-refractivity contribution is -0.279. The third kappa shape index (κ3) is 6.76. The SMILES string of the molecule is CC.CC.COC[C@H]1O[C@@H](Oc2nn(C)c(C)c2Cc2ccc(C)cc2)[C@H](O)[C@@H](O)[C@@H]1O. The Balaban J connectivity index is 0.00000121. The summed E-state index contributed by atoms with van der Waals surface area (Å²) >= 11 is 0. The summed E-state index contributed by atoms with van der Waals surface area (Å²) in [7, 11) is 3.27. The van der Waals surface area contributed by atoms with Gasteiger partial charge >= 0.3 is 0 Å². The van der Waals surface area contributed by atoms with Gasteiger partial charge in [0.25, 0.3) is 0 Å².